The van der Waals surface area contributed by atoms with Crippen LogP contribution < -0.4 is 10.6 Å². The molecule has 0 fully saturated rings. The first-order valence-electron chi connectivity index (χ1n) is 9.36. The third kappa shape index (κ3) is 5.87. The smallest absolute Gasteiger partial charge is 0.339 e. The van der Waals surface area contributed by atoms with Gasteiger partial charge in [-0.25, -0.2) is 4.79 Å². The van der Waals surface area contributed by atoms with Crippen LogP contribution in [-0.2, 0) is 4.79 Å². The molecule has 9 heteroatoms. The van der Waals surface area contributed by atoms with Crippen LogP contribution in [0.25, 0.3) is 0 Å². The minimum Gasteiger partial charge on any atom is -0.507 e. The third-order valence-corrected chi connectivity index (χ3v) is 6.50. The van der Waals surface area contributed by atoms with Crippen LogP contribution in [-0.4, -0.2) is 33.2 Å². The number of anilines is 2. The molecule has 2 amide bonds. The van der Waals surface area contributed by atoms with Gasteiger partial charge in [-0.3, -0.25) is 9.59 Å². The van der Waals surface area contributed by atoms with Crippen molar-refractivity contribution in [2.45, 2.75) is 23.5 Å². The zero-order valence-corrected chi connectivity index (χ0v) is 18.1. The van der Waals surface area contributed by atoms with Gasteiger partial charge in [-0.15, -0.1) is 23.1 Å². The lowest BCUT2D eigenvalue weighted by atomic mass is 10.1. The fourth-order valence-corrected chi connectivity index (χ4v) is 4.37. The summed E-state index contributed by atoms with van der Waals surface area (Å²) in [5.74, 6) is -2.13. The number of hydrogen-bond donors (Lipinski definition) is 4. The molecule has 0 radical (unpaired) electrons. The van der Waals surface area contributed by atoms with Crippen LogP contribution in [0.2, 0.25) is 0 Å². The summed E-state index contributed by atoms with van der Waals surface area (Å²) in [5.41, 5.74) is 0.632. The van der Waals surface area contributed by atoms with Crippen molar-refractivity contribution in [3.05, 3.63) is 70.4 Å². The molecular formula is C22H20N2O5S2. The van der Waals surface area contributed by atoms with Crippen molar-refractivity contribution in [2.24, 2.45) is 0 Å². The maximum absolute atomic E-state index is 12.7. The Morgan fingerprint density at radius 2 is 1.81 bits per heavy atom. The number of thiophene rings is 1. The number of aromatic hydroxyl groups is 1. The normalized spacial score (nSPS) is 11.5. The molecule has 0 aliphatic heterocycles. The molecule has 160 valence electrons. The van der Waals surface area contributed by atoms with E-state index in [0.717, 1.165) is 4.90 Å². The predicted molar refractivity (Wildman–Crippen MR) is 122 cm³/mol. The number of rotatable bonds is 8. The van der Waals surface area contributed by atoms with Gasteiger partial charge >= 0.3 is 5.97 Å². The van der Waals surface area contributed by atoms with E-state index in [0.29, 0.717) is 17.0 Å². The molecule has 3 aromatic rings. The number of nitrogens with one attached hydrogen (secondary N) is 2. The molecule has 0 aliphatic rings. The predicted octanol–water partition coefficient (Wildman–Crippen LogP) is 4.91. The molecule has 1 unspecified atom stereocenters. The number of benzene rings is 2. The Hall–Kier alpha value is -3.30. The highest BCUT2D eigenvalue weighted by Crippen LogP contribution is 2.29. The van der Waals surface area contributed by atoms with Crippen molar-refractivity contribution < 1.29 is 24.6 Å². The van der Waals surface area contributed by atoms with E-state index in [1.807, 2.05) is 24.4 Å². The van der Waals surface area contributed by atoms with E-state index in [1.165, 1.54) is 41.3 Å². The Bertz CT molecular complexity index is 1100. The second-order valence-corrected chi connectivity index (χ2v) is 8.72. The van der Waals surface area contributed by atoms with E-state index < -0.39 is 11.2 Å². The fraction of sp³-hybridized carbons (Fsp3) is 0.136. The number of carboxylic acids is 1. The SMILES string of the molecule is CCC(Sc1cccc(NC(=O)c2cccs2)c1)C(=O)Nc1ccc(O)c(C(=O)O)c1. The van der Waals surface area contributed by atoms with Gasteiger partial charge in [0.05, 0.1) is 10.1 Å². The Kier molecular flexibility index (Phi) is 7.32. The molecule has 0 saturated carbocycles. The van der Waals surface area contributed by atoms with Crippen LogP contribution in [0.3, 0.4) is 0 Å². The van der Waals surface area contributed by atoms with Crippen LogP contribution in [0.15, 0.2) is 64.9 Å². The average molecular weight is 457 g/mol. The molecule has 31 heavy (non-hydrogen) atoms. The highest BCUT2D eigenvalue weighted by molar-refractivity contribution is 8.00. The first kappa shape index (κ1) is 22.4. The van der Waals surface area contributed by atoms with E-state index >= 15 is 0 Å². The Labute approximate surface area is 187 Å². The van der Waals surface area contributed by atoms with Crippen LogP contribution >= 0.6 is 23.1 Å². The summed E-state index contributed by atoms with van der Waals surface area (Å²) in [6.45, 7) is 1.87. The summed E-state index contributed by atoms with van der Waals surface area (Å²) in [6.07, 6.45) is 0.534. The first-order valence-corrected chi connectivity index (χ1v) is 11.1. The molecule has 1 atom stereocenters. The Morgan fingerprint density at radius 3 is 2.48 bits per heavy atom. The summed E-state index contributed by atoms with van der Waals surface area (Å²) >= 11 is 2.70. The minimum absolute atomic E-state index is 0.191. The van der Waals surface area contributed by atoms with Crippen LogP contribution in [0, 0.1) is 0 Å². The number of hydrogen-bond acceptors (Lipinski definition) is 6. The molecule has 0 spiro atoms. The average Bonchev–Trinajstić information content (AvgIpc) is 3.28. The topological polar surface area (TPSA) is 116 Å². The molecule has 1 aromatic heterocycles. The molecule has 0 saturated heterocycles. The highest BCUT2D eigenvalue weighted by Gasteiger charge is 2.20. The van der Waals surface area contributed by atoms with Gasteiger partial charge in [0, 0.05) is 16.3 Å². The van der Waals surface area contributed by atoms with Gasteiger partial charge in [-0.2, -0.15) is 0 Å². The largest absolute Gasteiger partial charge is 0.507 e. The molecule has 0 aliphatic carbocycles. The number of aromatic carboxylic acids is 1. The van der Waals surface area contributed by atoms with Crippen molar-refractivity contribution in [1.29, 1.82) is 0 Å². The van der Waals surface area contributed by atoms with E-state index in [9.17, 15) is 19.5 Å². The van der Waals surface area contributed by atoms with Gasteiger partial charge in [0.25, 0.3) is 5.91 Å². The Morgan fingerprint density at radius 1 is 1.03 bits per heavy atom. The number of amides is 2. The Balaban J connectivity index is 1.68. The van der Waals surface area contributed by atoms with E-state index in [2.05, 4.69) is 10.6 Å². The van der Waals surface area contributed by atoms with Gasteiger partial charge in [-0.05, 0) is 54.3 Å². The molecule has 1 heterocycles. The van der Waals surface area contributed by atoms with Crippen LogP contribution in [0.5, 0.6) is 5.75 Å². The summed E-state index contributed by atoms with van der Waals surface area (Å²) in [5, 5.41) is 25.7. The quantitative estimate of drug-likeness (QED) is 0.283. The number of phenols is 1. The van der Waals surface area contributed by atoms with Gasteiger partial charge in [0.1, 0.15) is 11.3 Å². The summed E-state index contributed by atoms with van der Waals surface area (Å²) < 4.78 is 0. The lowest BCUT2D eigenvalue weighted by molar-refractivity contribution is -0.115. The molecule has 2 aromatic carbocycles. The van der Waals surface area contributed by atoms with Crippen molar-refractivity contribution in [1.82, 2.24) is 0 Å². The summed E-state index contributed by atoms with van der Waals surface area (Å²) in [4.78, 5) is 37.6. The molecule has 0 bridgehead atoms. The number of carbonyl (C=O) groups is 3. The van der Waals surface area contributed by atoms with Gasteiger partial charge in [0.2, 0.25) is 5.91 Å². The van der Waals surface area contributed by atoms with Gasteiger partial charge in [0.15, 0.2) is 0 Å². The van der Waals surface area contributed by atoms with Gasteiger partial charge < -0.3 is 20.8 Å². The van der Waals surface area contributed by atoms with Crippen molar-refractivity contribution in [3.8, 4) is 5.75 Å². The van der Waals surface area contributed by atoms with E-state index in [4.69, 9.17) is 5.11 Å². The van der Waals surface area contributed by atoms with Crippen LogP contribution in [0.4, 0.5) is 11.4 Å². The molecule has 7 nitrogen and oxygen atoms in total. The maximum Gasteiger partial charge on any atom is 0.339 e. The minimum atomic E-state index is -1.28. The third-order valence-electron chi connectivity index (χ3n) is 4.27. The zero-order valence-electron chi connectivity index (χ0n) is 16.5. The number of carbonyl (C=O) groups excluding carboxylic acids is 2. The summed E-state index contributed by atoms with van der Waals surface area (Å²) in [6, 6.07) is 14.7. The fourth-order valence-electron chi connectivity index (χ4n) is 2.74. The maximum atomic E-state index is 12.7. The highest BCUT2D eigenvalue weighted by atomic mass is 32.2. The standard InChI is InChI=1S/C22H20N2O5S2/c1-2-18(20(26)24-14-8-9-17(25)16(12-14)22(28)29)31-15-6-3-5-13(11-15)23-21(27)19-7-4-10-30-19/h3-12,18,25H,2H2,1H3,(H,23,27)(H,24,26)(H,28,29). The summed E-state index contributed by atoms with van der Waals surface area (Å²) in [7, 11) is 0. The molecule has 4 N–H and O–H groups in total. The first-order chi connectivity index (χ1) is 14.9. The lowest BCUT2D eigenvalue weighted by Crippen LogP contribution is -2.24. The number of carboxylic acid groups (broad SMARTS) is 1. The van der Waals surface area contributed by atoms with Crippen molar-refractivity contribution in [2.75, 3.05) is 10.6 Å². The number of thioether (sulfide) groups is 1. The second-order valence-electron chi connectivity index (χ2n) is 6.50. The molecule has 3 rings (SSSR count). The van der Waals surface area contributed by atoms with E-state index in [1.54, 1.807) is 24.3 Å². The second kappa shape index (κ2) is 10.1. The molecular weight excluding hydrogens is 436 g/mol. The zero-order chi connectivity index (χ0) is 22.4. The van der Waals surface area contributed by atoms with Gasteiger partial charge in [-0.1, -0.05) is 19.1 Å². The monoisotopic (exact) mass is 456 g/mol. The van der Waals surface area contributed by atoms with Crippen molar-refractivity contribution in [3.63, 3.8) is 0 Å². The van der Waals surface area contributed by atoms with E-state index in [-0.39, 0.29) is 28.8 Å². The lowest BCUT2D eigenvalue weighted by Gasteiger charge is -2.16. The van der Waals surface area contributed by atoms with Crippen LogP contribution in [0.1, 0.15) is 33.4 Å². The van der Waals surface area contributed by atoms with Crippen molar-refractivity contribution >= 4 is 52.3 Å².